The second kappa shape index (κ2) is 7.81. The van der Waals surface area contributed by atoms with E-state index >= 15 is 0 Å². The van der Waals surface area contributed by atoms with Crippen molar-refractivity contribution in [3.8, 4) is 5.75 Å². The zero-order valence-electron chi connectivity index (χ0n) is 15.7. The molecule has 1 aliphatic heterocycles. The molecule has 2 heterocycles. The Balaban J connectivity index is 1.58. The molecule has 0 radical (unpaired) electrons. The van der Waals surface area contributed by atoms with E-state index in [-0.39, 0.29) is 5.91 Å². The molecule has 28 heavy (non-hydrogen) atoms. The highest BCUT2D eigenvalue weighted by molar-refractivity contribution is 8.26. The number of carbonyl (C=O) groups is 1. The lowest BCUT2D eigenvalue weighted by Crippen LogP contribution is -2.17. The van der Waals surface area contributed by atoms with Crippen molar-refractivity contribution in [1.82, 2.24) is 9.88 Å². The van der Waals surface area contributed by atoms with Gasteiger partial charge in [0, 0.05) is 22.7 Å². The molecule has 3 aromatic rings. The van der Waals surface area contributed by atoms with Crippen molar-refractivity contribution in [3.63, 3.8) is 0 Å². The van der Waals surface area contributed by atoms with Crippen LogP contribution in [-0.2, 0) is 11.3 Å². The van der Waals surface area contributed by atoms with Crippen LogP contribution in [-0.4, -0.2) is 21.4 Å². The summed E-state index contributed by atoms with van der Waals surface area (Å²) in [7, 11) is 0. The van der Waals surface area contributed by atoms with Crippen LogP contribution in [0.25, 0.3) is 17.0 Å². The normalized spacial score (nSPS) is 15.4. The number of nitrogens with one attached hydrogen (secondary N) is 1. The molecule has 0 aliphatic carbocycles. The number of aromatic nitrogens is 1. The van der Waals surface area contributed by atoms with Crippen molar-refractivity contribution < 1.29 is 9.53 Å². The van der Waals surface area contributed by atoms with Gasteiger partial charge in [0.25, 0.3) is 5.91 Å². The molecule has 0 unspecified atom stereocenters. The summed E-state index contributed by atoms with van der Waals surface area (Å²) in [6.45, 7) is 5.40. The number of carbonyl (C=O) groups excluding carboxylic acids is 1. The molecule has 0 bridgehead atoms. The van der Waals surface area contributed by atoms with E-state index in [2.05, 4.69) is 60.3 Å². The molecule has 142 valence electrons. The summed E-state index contributed by atoms with van der Waals surface area (Å²) in [5, 5.41) is 3.77. The van der Waals surface area contributed by atoms with Gasteiger partial charge in [-0.05, 0) is 43.2 Å². The third kappa shape index (κ3) is 3.84. The Morgan fingerprint density at radius 1 is 1.21 bits per heavy atom. The van der Waals surface area contributed by atoms with Crippen molar-refractivity contribution in [3.05, 3.63) is 70.3 Å². The number of ether oxygens (including phenoxy) is 1. The number of thioether (sulfide) groups is 1. The molecule has 1 amide bonds. The van der Waals surface area contributed by atoms with Gasteiger partial charge >= 0.3 is 0 Å². The monoisotopic (exact) mass is 408 g/mol. The Morgan fingerprint density at radius 2 is 2.04 bits per heavy atom. The standard InChI is InChI=1S/C22H20N2O2S2/c1-14-7-8-15(2)19(11-14)26-10-9-24-13-16(17-5-3-4-6-18(17)24)12-20-21(25)23-22(27)28-20/h3-8,11-13H,9-10H2,1-2H3,(H,23,25,27)/b20-12-. The fourth-order valence-corrected chi connectivity index (χ4v) is 4.29. The van der Waals surface area contributed by atoms with E-state index in [0.29, 0.717) is 15.8 Å². The van der Waals surface area contributed by atoms with Gasteiger partial charge in [0.15, 0.2) is 0 Å². The Bertz CT molecular complexity index is 1110. The lowest BCUT2D eigenvalue weighted by Gasteiger charge is -2.11. The van der Waals surface area contributed by atoms with Gasteiger partial charge in [0.1, 0.15) is 16.7 Å². The largest absolute Gasteiger partial charge is 0.491 e. The first-order chi connectivity index (χ1) is 13.5. The van der Waals surface area contributed by atoms with E-state index < -0.39 is 0 Å². The highest BCUT2D eigenvalue weighted by Gasteiger charge is 2.22. The summed E-state index contributed by atoms with van der Waals surface area (Å²) in [6, 6.07) is 14.4. The number of para-hydroxylation sites is 1. The molecule has 6 heteroatoms. The first-order valence-corrected chi connectivity index (χ1v) is 10.3. The number of benzene rings is 2. The number of rotatable bonds is 5. The molecule has 0 spiro atoms. The number of aryl methyl sites for hydroxylation is 2. The minimum absolute atomic E-state index is 0.134. The average Bonchev–Trinajstić information content (AvgIpc) is 3.18. The van der Waals surface area contributed by atoms with Crippen molar-refractivity contribution in [1.29, 1.82) is 0 Å². The maximum absolute atomic E-state index is 12.0. The second-order valence-corrected chi connectivity index (χ2v) is 8.48. The van der Waals surface area contributed by atoms with Gasteiger partial charge in [-0.1, -0.05) is 54.3 Å². The molecule has 0 atom stereocenters. The second-order valence-electron chi connectivity index (χ2n) is 6.76. The lowest BCUT2D eigenvalue weighted by molar-refractivity contribution is -0.115. The third-order valence-electron chi connectivity index (χ3n) is 4.68. The Labute approximate surface area is 173 Å². The zero-order chi connectivity index (χ0) is 19.7. The molecule has 1 saturated heterocycles. The summed E-state index contributed by atoms with van der Waals surface area (Å²) in [4.78, 5) is 12.6. The highest BCUT2D eigenvalue weighted by Crippen LogP contribution is 2.30. The van der Waals surface area contributed by atoms with Gasteiger partial charge in [-0.15, -0.1) is 0 Å². The molecular weight excluding hydrogens is 388 g/mol. The molecule has 1 fully saturated rings. The summed E-state index contributed by atoms with van der Waals surface area (Å²) in [5.41, 5.74) is 4.44. The number of nitrogens with zero attached hydrogens (tertiary/aromatic N) is 1. The summed E-state index contributed by atoms with van der Waals surface area (Å²) in [5.74, 6) is 0.788. The molecule has 0 saturated carbocycles. The lowest BCUT2D eigenvalue weighted by atomic mass is 10.1. The van der Waals surface area contributed by atoms with Crippen LogP contribution in [0.4, 0.5) is 0 Å². The molecule has 4 nitrogen and oxygen atoms in total. The van der Waals surface area contributed by atoms with E-state index in [1.54, 1.807) is 0 Å². The number of amides is 1. The fraction of sp³-hybridized carbons (Fsp3) is 0.182. The van der Waals surface area contributed by atoms with Crippen LogP contribution in [0.2, 0.25) is 0 Å². The van der Waals surface area contributed by atoms with Gasteiger partial charge in [-0.3, -0.25) is 4.79 Å². The summed E-state index contributed by atoms with van der Waals surface area (Å²) in [6.07, 6.45) is 3.98. The minimum atomic E-state index is -0.134. The van der Waals surface area contributed by atoms with Crippen LogP contribution in [0.1, 0.15) is 16.7 Å². The van der Waals surface area contributed by atoms with Crippen LogP contribution in [0, 0.1) is 13.8 Å². The summed E-state index contributed by atoms with van der Waals surface area (Å²) >= 11 is 6.38. The van der Waals surface area contributed by atoms with Crippen molar-refractivity contribution in [2.45, 2.75) is 20.4 Å². The maximum Gasteiger partial charge on any atom is 0.263 e. The van der Waals surface area contributed by atoms with Crippen LogP contribution >= 0.6 is 24.0 Å². The van der Waals surface area contributed by atoms with E-state index in [1.807, 2.05) is 18.2 Å². The predicted octanol–water partition coefficient (Wildman–Crippen LogP) is 4.83. The van der Waals surface area contributed by atoms with Gasteiger partial charge in [0.05, 0.1) is 11.4 Å². The van der Waals surface area contributed by atoms with Crippen LogP contribution < -0.4 is 10.1 Å². The van der Waals surface area contributed by atoms with Crippen molar-refractivity contribution >= 4 is 51.2 Å². The Hall–Kier alpha value is -2.57. The molecule has 1 aliphatic rings. The molecule has 2 aromatic carbocycles. The summed E-state index contributed by atoms with van der Waals surface area (Å²) < 4.78 is 8.69. The van der Waals surface area contributed by atoms with E-state index in [0.717, 1.165) is 34.3 Å². The average molecular weight is 409 g/mol. The quantitative estimate of drug-likeness (QED) is 0.485. The zero-order valence-corrected chi connectivity index (χ0v) is 17.3. The first kappa shape index (κ1) is 18.8. The smallest absolute Gasteiger partial charge is 0.263 e. The fourth-order valence-electron chi connectivity index (χ4n) is 3.25. The SMILES string of the molecule is Cc1ccc(C)c(OCCn2cc(/C=C3\SC(=S)NC3=O)c3ccccc32)c1. The first-order valence-electron chi connectivity index (χ1n) is 9.04. The van der Waals surface area contributed by atoms with Gasteiger partial charge in [-0.25, -0.2) is 0 Å². The van der Waals surface area contributed by atoms with Crippen LogP contribution in [0.5, 0.6) is 5.75 Å². The van der Waals surface area contributed by atoms with E-state index in [4.69, 9.17) is 17.0 Å². The van der Waals surface area contributed by atoms with E-state index in [9.17, 15) is 4.79 Å². The van der Waals surface area contributed by atoms with Gasteiger partial charge in [-0.2, -0.15) is 0 Å². The van der Waals surface area contributed by atoms with Crippen LogP contribution in [0.3, 0.4) is 0 Å². The Morgan fingerprint density at radius 3 is 2.82 bits per heavy atom. The topological polar surface area (TPSA) is 43.3 Å². The molecule has 4 rings (SSSR count). The van der Waals surface area contributed by atoms with Gasteiger partial charge < -0.3 is 14.6 Å². The molecule has 1 aromatic heterocycles. The van der Waals surface area contributed by atoms with Crippen LogP contribution in [0.15, 0.2) is 53.6 Å². The number of hydrogen-bond donors (Lipinski definition) is 1. The highest BCUT2D eigenvalue weighted by atomic mass is 32.2. The number of fused-ring (bicyclic) bond motifs is 1. The van der Waals surface area contributed by atoms with E-state index in [1.165, 1.54) is 17.3 Å². The van der Waals surface area contributed by atoms with Crippen molar-refractivity contribution in [2.24, 2.45) is 0 Å². The van der Waals surface area contributed by atoms with Crippen molar-refractivity contribution in [2.75, 3.05) is 6.61 Å². The number of thiocarbonyl (C=S) groups is 1. The third-order valence-corrected chi connectivity index (χ3v) is 5.84. The van der Waals surface area contributed by atoms with Gasteiger partial charge in [0.2, 0.25) is 0 Å². The Kier molecular flexibility index (Phi) is 5.24. The predicted molar refractivity (Wildman–Crippen MR) is 120 cm³/mol. The maximum atomic E-state index is 12.0. The molecule has 1 N–H and O–H groups in total. The number of hydrogen-bond acceptors (Lipinski definition) is 4. The minimum Gasteiger partial charge on any atom is -0.491 e. The molecular formula is C22H20N2O2S2.